The molecule has 0 saturated carbocycles. The number of nitrogens with zero attached hydrogens (tertiary/aromatic N) is 2. The van der Waals surface area contributed by atoms with Crippen molar-refractivity contribution in [2.75, 3.05) is 7.11 Å². The molecule has 0 radical (unpaired) electrons. The molecule has 1 N–H and O–H groups in total. The van der Waals surface area contributed by atoms with E-state index in [0.717, 1.165) is 6.42 Å². The van der Waals surface area contributed by atoms with Gasteiger partial charge in [0.25, 0.3) is 5.89 Å². The minimum Gasteiger partial charge on any atom is -0.384 e. The lowest BCUT2D eigenvalue weighted by molar-refractivity contribution is -0.0106. The molecule has 1 rings (SSSR count). The van der Waals surface area contributed by atoms with E-state index in [4.69, 9.17) is 9.26 Å². The fourth-order valence-corrected chi connectivity index (χ4v) is 1.01. The van der Waals surface area contributed by atoms with Crippen molar-refractivity contribution < 1.29 is 14.4 Å². The van der Waals surface area contributed by atoms with Crippen LogP contribution in [0, 0.1) is 0 Å². The van der Waals surface area contributed by atoms with Crippen molar-refractivity contribution >= 4 is 0 Å². The second-order valence-electron chi connectivity index (χ2n) is 3.42. The molecule has 0 spiro atoms. The van der Waals surface area contributed by atoms with Crippen LogP contribution in [0.15, 0.2) is 4.52 Å². The molecule has 0 aliphatic heterocycles. The lowest BCUT2D eigenvalue weighted by atomic mass is 10.0. The van der Waals surface area contributed by atoms with Gasteiger partial charge in [-0.15, -0.1) is 0 Å². The average Bonchev–Trinajstić information content (AvgIpc) is 2.66. The van der Waals surface area contributed by atoms with E-state index < -0.39 is 11.7 Å². The van der Waals surface area contributed by atoms with Gasteiger partial charge >= 0.3 is 0 Å². The number of hydrogen-bond donors (Lipinski definition) is 1. The third-order valence-corrected chi connectivity index (χ3v) is 2.40. The van der Waals surface area contributed by atoms with Crippen molar-refractivity contribution in [3.05, 3.63) is 11.7 Å². The largest absolute Gasteiger partial charge is 0.384 e. The monoisotopic (exact) mass is 200 g/mol. The van der Waals surface area contributed by atoms with Gasteiger partial charge in [-0.2, -0.15) is 4.98 Å². The Hall–Kier alpha value is -0.940. The molecular formula is C9H16N2O3. The Labute approximate surface area is 83.1 Å². The Balaban J connectivity index is 2.95. The quantitative estimate of drug-likeness (QED) is 0.795. The van der Waals surface area contributed by atoms with Crippen molar-refractivity contribution in [2.45, 2.75) is 38.9 Å². The van der Waals surface area contributed by atoms with Crippen molar-refractivity contribution in [3.8, 4) is 0 Å². The SMILES string of the molecule is CCC(C)(OC)c1noc([C@H](C)O)n1. The summed E-state index contributed by atoms with van der Waals surface area (Å²) in [6, 6.07) is 0. The highest BCUT2D eigenvalue weighted by atomic mass is 16.5. The van der Waals surface area contributed by atoms with Gasteiger partial charge in [-0.1, -0.05) is 12.1 Å². The van der Waals surface area contributed by atoms with Gasteiger partial charge < -0.3 is 14.4 Å². The number of hydrogen-bond acceptors (Lipinski definition) is 5. The number of rotatable bonds is 4. The highest BCUT2D eigenvalue weighted by Crippen LogP contribution is 2.26. The first kappa shape index (κ1) is 11.1. The molecule has 0 aliphatic rings. The second-order valence-corrected chi connectivity index (χ2v) is 3.42. The van der Waals surface area contributed by atoms with E-state index in [-0.39, 0.29) is 5.89 Å². The van der Waals surface area contributed by atoms with Crippen molar-refractivity contribution in [2.24, 2.45) is 0 Å². The third-order valence-electron chi connectivity index (χ3n) is 2.40. The van der Waals surface area contributed by atoms with Crippen LogP contribution < -0.4 is 0 Å². The van der Waals surface area contributed by atoms with E-state index in [1.807, 2.05) is 13.8 Å². The molecular weight excluding hydrogens is 184 g/mol. The van der Waals surface area contributed by atoms with E-state index in [1.54, 1.807) is 14.0 Å². The fourth-order valence-electron chi connectivity index (χ4n) is 1.01. The molecule has 5 heteroatoms. The summed E-state index contributed by atoms with van der Waals surface area (Å²) in [6.45, 7) is 5.43. The van der Waals surface area contributed by atoms with Crippen LogP contribution >= 0.6 is 0 Å². The summed E-state index contributed by atoms with van der Waals surface area (Å²) in [5, 5.41) is 13.0. The van der Waals surface area contributed by atoms with Gasteiger partial charge in [0.2, 0.25) is 5.82 Å². The molecule has 80 valence electrons. The normalized spacial score (nSPS) is 17.8. The van der Waals surface area contributed by atoms with E-state index >= 15 is 0 Å². The van der Waals surface area contributed by atoms with Crippen molar-refractivity contribution in [1.29, 1.82) is 0 Å². The Bertz CT molecular complexity index is 292. The standard InChI is InChI=1S/C9H16N2O3/c1-5-9(3,13-4)8-10-7(6(2)12)14-11-8/h6,12H,5H2,1-4H3/t6-,9?/m0/s1. The molecule has 14 heavy (non-hydrogen) atoms. The maximum atomic E-state index is 9.21. The van der Waals surface area contributed by atoms with Gasteiger partial charge in [0.1, 0.15) is 11.7 Å². The van der Waals surface area contributed by atoms with Crippen LogP contribution in [0.2, 0.25) is 0 Å². The number of aromatic nitrogens is 2. The lowest BCUT2D eigenvalue weighted by Crippen LogP contribution is -2.24. The Morgan fingerprint density at radius 2 is 2.29 bits per heavy atom. The Kier molecular flexibility index (Phi) is 3.23. The van der Waals surface area contributed by atoms with Crippen LogP contribution in [0.1, 0.15) is 45.0 Å². The van der Waals surface area contributed by atoms with Crippen LogP contribution in [0.4, 0.5) is 0 Å². The molecule has 0 saturated heterocycles. The van der Waals surface area contributed by atoms with Crippen molar-refractivity contribution in [3.63, 3.8) is 0 Å². The predicted octanol–water partition coefficient (Wildman–Crippen LogP) is 1.39. The van der Waals surface area contributed by atoms with Gasteiger partial charge in [-0.25, -0.2) is 0 Å². The molecule has 5 nitrogen and oxygen atoms in total. The summed E-state index contributed by atoms with van der Waals surface area (Å²) in [4.78, 5) is 4.07. The fraction of sp³-hybridized carbons (Fsp3) is 0.778. The van der Waals surface area contributed by atoms with E-state index in [1.165, 1.54) is 0 Å². The van der Waals surface area contributed by atoms with E-state index in [2.05, 4.69) is 10.1 Å². The lowest BCUT2D eigenvalue weighted by Gasteiger charge is -2.21. The molecule has 1 aromatic heterocycles. The smallest absolute Gasteiger partial charge is 0.255 e. The highest BCUT2D eigenvalue weighted by molar-refractivity contribution is 4.99. The molecule has 0 amide bonds. The first-order valence-electron chi connectivity index (χ1n) is 4.60. The Morgan fingerprint density at radius 1 is 1.64 bits per heavy atom. The van der Waals surface area contributed by atoms with Gasteiger partial charge in [-0.3, -0.25) is 0 Å². The average molecular weight is 200 g/mol. The maximum Gasteiger partial charge on any atom is 0.255 e. The number of methoxy groups -OCH3 is 1. The number of aliphatic hydroxyl groups is 1. The zero-order valence-electron chi connectivity index (χ0n) is 8.94. The molecule has 1 unspecified atom stereocenters. The van der Waals surface area contributed by atoms with Crippen LogP contribution in [-0.2, 0) is 10.3 Å². The van der Waals surface area contributed by atoms with Crippen LogP contribution in [0.5, 0.6) is 0 Å². The topological polar surface area (TPSA) is 68.4 Å². The van der Waals surface area contributed by atoms with E-state index in [9.17, 15) is 5.11 Å². The molecule has 0 aliphatic carbocycles. The molecule has 0 aromatic carbocycles. The maximum absolute atomic E-state index is 9.21. The third kappa shape index (κ3) is 1.93. The summed E-state index contributed by atoms with van der Waals surface area (Å²) >= 11 is 0. The first-order chi connectivity index (χ1) is 6.53. The second kappa shape index (κ2) is 4.06. The van der Waals surface area contributed by atoms with Gasteiger partial charge in [0.05, 0.1) is 0 Å². The van der Waals surface area contributed by atoms with Gasteiger partial charge in [-0.05, 0) is 20.3 Å². The molecule has 0 fully saturated rings. The summed E-state index contributed by atoms with van der Waals surface area (Å²) < 4.78 is 10.2. The Morgan fingerprint density at radius 3 is 2.64 bits per heavy atom. The zero-order chi connectivity index (χ0) is 10.8. The van der Waals surface area contributed by atoms with Crippen LogP contribution in [0.25, 0.3) is 0 Å². The summed E-state index contributed by atoms with van der Waals surface area (Å²) in [5.41, 5.74) is -0.545. The zero-order valence-corrected chi connectivity index (χ0v) is 8.94. The van der Waals surface area contributed by atoms with E-state index in [0.29, 0.717) is 5.82 Å². The molecule has 1 heterocycles. The summed E-state index contributed by atoms with van der Waals surface area (Å²) in [6.07, 6.45) is -0.00309. The van der Waals surface area contributed by atoms with Gasteiger partial charge in [0.15, 0.2) is 0 Å². The summed E-state index contributed by atoms with van der Waals surface area (Å²) in [7, 11) is 1.60. The minimum atomic E-state index is -0.741. The highest BCUT2D eigenvalue weighted by Gasteiger charge is 2.30. The molecule has 1 aromatic rings. The first-order valence-corrected chi connectivity index (χ1v) is 4.60. The van der Waals surface area contributed by atoms with Gasteiger partial charge in [0, 0.05) is 7.11 Å². The van der Waals surface area contributed by atoms with Crippen molar-refractivity contribution in [1.82, 2.24) is 10.1 Å². The summed E-state index contributed by atoms with van der Waals surface area (Å²) in [5.74, 6) is 0.690. The minimum absolute atomic E-state index is 0.219. The number of ether oxygens (including phenoxy) is 1. The van der Waals surface area contributed by atoms with Crippen LogP contribution in [0.3, 0.4) is 0 Å². The number of aliphatic hydroxyl groups excluding tert-OH is 1. The molecule has 2 atom stereocenters. The predicted molar refractivity (Wildman–Crippen MR) is 49.6 cm³/mol. The molecule has 0 bridgehead atoms. The van der Waals surface area contributed by atoms with Crippen LogP contribution in [-0.4, -0.2) is 22.4 Å².